The number of pyridine rings is 1. The topological polar surface area (TPSA) is 59.1 Å². The van der Waals surface area contributed by atoms with E-state index in [1.807, 2.05) is 56.5 Å². The summed E-state index contributed by atoms with van der Waals surface area (Å²) < 4.78 is 28.2. The van der Waals surface area contributed by atoms with E-state index in [0.717, 1.165) is 32.7 Å². The first kappa shape index (κ1) is 17.8. The number of sulfonamides is 1. The molecule has 130 valence electrons. The van der Waals surface area contributed by atoms with Gasteiger partial charge in [-0.2, -0.15) is 0 Å². The van der Waals surface area contributed by atoms with E-state index in [9.17, 15) is 8.42 Å². The molecule has 2 heterocycles. The number of nitrogens with one attached hydrogen (secondary N) is 1. The molecule has 3 aromatic rings. The van der Waals surface area contributed by atoms with Crippen molar-refractivity contribution < 1.29 is 8.42 Å². The zero-order valence-electron chi connectivity index (χ0n) is 14.4. The van der Waals surface area contributed by atoms with Crippen molar-refractivity contribution in [2.24, 2.45) is 0 Å². The van der Waals surface area contributed by atoms with Crippen molar-refractivity contribution in [1.82, 2.24) is 9.71 Å². The molecule has 0 fully saturated rings. The van der Waals surface area contributed by atoms with Crippen molar-refractivity contribution in [1.29, 1.82) is 0 Å². The van der Waals surface area contributed by atoms with Gasteiger partial charge in [0.15, 0.2) is 0 Å². The molecule has 0 aliphatic rings. The van der Waals surface area contributed by atoms with Crippen molar-refractivity contribution >= 4 is 21.4 Å². The maximum Gasteiger partial charge on any atom is 0.241 e. The number of hydrogen-bond acceptors (Lipinski definition) is 4. The second kappa shape index (κ2) is 7.07. The Morgan fingerprint density at radius 3 is 2.44 bits per heavy atom. The van der Waals surface area contributed by atoms with Crippen LogP contribution in [0, 0.1) is 20.8 Å². The van der Waals surface area contributed by atoms with Gasteiger partial charge in [-0.1, -0.05) is 23.8 Å². The Labute approximate surface area is 152 Å². The van der Waals surface area contributed by atoms with Crippen LogP contribution in [-0.4, -0.2) is 13.4 Å². The summed E-state index contributed by atoms with van der Waals surface area (Å²) in [5.41, 5.74) is 4.40. The molecular weight excluding hydrogens is 352 g/mol. The van der Waals surface area contributed by atoms with Crippen molar-refractivity contribution in [3.05, 3.63) is 70.4 Å². The van der Waals surface area contributed by atoms with E-state index in [-0.39, 0.29) is 6.54 Å². The molecule has 4 nitrogen and oxygen atoms in total. The molecule has 0 saturated carbocycles. The maximum absolute atomic E-state index is 12.7. The summed E-state index contributed by atoms with van der Waals surface area (Å²) in [4.78, 5) is 5.71. The number of rotatable bonds is 5. The van der Waals surface area contributed by atoms with Crippen LogP contribution in [0.15, 0.2) is 53.0 Å². The second-order valence-corrected chi connectivity index (χ2v) is 8.76. The third-order valence-corrected chi connectivity index (χ3v) is 6.57. The van der Waals surface area contributed by atoms with Gasteiger partial charge in [0.25, 0.3) is 0 Å². The Morgan fingerprint density at radius 1 is 1.08 bits per heavy atom. The van der Waals surface area contributed by atoms with Crippen LogP contribution >= 0.6 is 11.3 Å². The third-order valence-electron chi connectivity index (χ3n) is 3.94. The summed E-state index contributed by atoms with van der Waals surface area (Å²) in [6.45, 7) is 5.83. The minimum absolute atomic E-state index is 0.210. The van der Waals surface area contributed by atoms with E-state index >= 15 is 0 Å². The molecular formula is C19H20N2O2S2. The molecule has 0 saturated heterocycles. The van der Waals surface area contributed by atoms with Crippen LogP contribution in [0.3, 0.4) is 0 Å². The molecule has 6 heteroatoms. The van der Waals surface area contributed by atoms with Gasteiger partial charge < -0.3 is 0 Å². The normalized spacial score (nSPS) is 11.6. The maximum atomic E-state index is 12.7. The molecule has 0 atom stereocenters. The Balaban J connectivity index is 1.83. The summed E-state index contributed by atoms with van der Waals surface area (Å²) in [6.07, 6.45) is 3.48. The fourth-order valence-corrected chi connectivity index (χ4v) is 5.18. The highest BCUT2D eigenvalue weighted by Gasteiger charge is 2.19. The number of thiophene rings is 1. The van der Waals surface area contributed by atoms with E-state index in [0.29, 0.717) is 4.90 Å². The van der Waals surface area contributed by atoms with Gasteiger partial charge in [0.1, 0.15) is 0 Å². The number of benzene rings is 1. The summed E-state index contributed by atoms with van der Waals surface area (Å²) in [7, 11) is -3.58. The zero-order chi connectivity index (χ0) is 18.0. The van der Waals surface area contributed by atoms with E-state index in [1.165, 1.54) is 0 Å². The van der Waals surface area contributed by atoms with Gasteiger partial charge in [0.05, 0.1) is 4.90 Å². The first-order valence-corrected chi connectivity index (χ1v) is 10.3. The Hall–Kier alpha value is -2.02. The van der Waals surface area contributed by atoms with E-state index < -0.39 is 10.0 Å². The number of nitrogens with zero attached hydrogens (tertiary/aromatic N) is 1. The van der Waals surface area contributed by atoms with Crippen LogP contribution in [0.2, 0.25) is 0 Å². The molecule has 25 heavy (non-hydrogen) atoms. The summed E-state index contributed by atoms with van der Waals surface area (Å²) in [5, 5.41) is 2.01. The highest BCUT2D eigenvalue weighted by atomic mass is 32.2. The van der Waals surface area contributed by atoms with E-state index in [1.54, 1.807) is 23.7 Å². The molecule has 0 spiro atoms. The predicted molar refractivity (Wildman–Crippen MR) is 102 cm³/mol. The van der Waals surface area contributed by atoms with Gasteiger partial charge in [-0.05, 0) is 55.0 Å². The minimum atomic E-state index is -3.58. The summed E-state index contributed by atoms with van der Waals surface area (Å²) in [6, 6.07) is 9.75. The van der Waals surface area contributed by atoms with Gasteiger partial charge >= 0.3 is 0 Å². The quantitative estimate of drug-likeness (QED) is 0.730. The summed E-state index contributed by atoms with van der Waals surface area (Å²) >= 11 is 1.63. The summed E-state index contributed by atoms with van der Waals surface area (Å²) in [5.74, 6) is 0. The fourth-order valence-electron chi connectivity index (χ4n) is 3.00. The van der Waals surface area contributed by atoms with Gasteiger partial charge in [-0.15, -0.1) is 11.3 Å². The highest BCUT2D eigenvalue weighted by molar-refractivity contribution is 7.89. The Kier molecular flexibility index (Phi) is 5.03. The highest BCUT2D eigenvalue weighted by Crippen LogP contribution is 2.25. The van der Waals surface area contributed by atoms with E-state index in [4.69, 9.17) is 0 Å². The molecule has 0 aliphatic heterocycles. The lowest BCUT2D eigenvalue weighted by atomic mass is 10.1. The molecule has 0 aliphatic carbocycles. The predicted octanol–water partition coefficient (Wildman–Crippen LogP) is 4.21. The first-order valence-electron chi connectivity index (χ1n) is 7.92. The van der Waals surface area contributed by atoms with Crippen LogP contribution < -0.4 is 4.72 Å². The Bertz CT molecular complexity index is 971. The Morgan fingerprint density at radius 2 is 1.80 bits per heavy atom. The molecule has 0 radical (unpaired) electrons. The first-order chi connectivity index (χ1) is 11.9. The van der Waals surface area contributed by atoms with Crippen molar-refractivity contribution in [3.8, 4) is 10.4 Å². The lowest BCUT2D eigenvalue weighted by Gasteiger charge is -2.13. The molecule has 1 N–H and O–H groups in total. The van der Waals surface area contributed by atoms with Gasteiger partial charge in [0, 0.05) is 29.4 Å². The standard InChI is InChI=1S/C19H20N2O2S2/c1-13-7-14(2)19(15(3)8-13)25(22,23)21-11-16-9-17(12-20-10-16)18-5-4-6-24-18/h4-10,12,21H,11H2,1-3H3. The average molecular weight is 373 g/mol. The molecule has 2 aromatic heterocycles. The zero-order valence-corrected chi connectivity index (χ0v) is 16.0. The number of aromatic nitrogens is 1. The SMILES string of the molecule is Cc1cc(C)c(S(=O)(=O)NCc2cncc(-c3cccs3)c2)c(C)c1. The van der Waals surface area contributed by atoms with Gasteiger partial charge in [0.2, 0.25) is 10.0 Å². The molecule has 0 amide bonds. The molecule has 0 unspecified atom stereocenters. The minimum Gasteiger partial charge on any atom is -0.264 e. The molecule has 3 rings (SSSR count). The number of aryl methyl sites for hydroxylation is 3. The lowest BCUT2D eigenvalue weighted by molar-refractivity contribution is 0.580. The van der Waals surface area contributed by atoms with Crippen molar-refractivity contribution in [2.75, 3.05) is 0 Å². The fraction of sp³-hybridized carbons (Fsp3) is 0.211. The van der Waals surface area contributed by atoms with Crippen LogP contribution in [0.5, 0.6) is 0 Å². The van der Waals surface area contributed by atoms with E-state index in [2.05, 4.69) is 9.71 Å². The lowest BCUT2D eigenvalue weighted by Crippen LogP contribution is -2.25. The second-order valence-electron chi connectivity index (χ2n) is 6.11. The monoisotopic (exact) mass is 372 g/mol. The van der Waals surface area contributed by atoms with Crippen LogP contribution in [0.25, 0.3) is 10.4 Å². The van der Waals surface area contributed by atoms with Gasteiger partial charge in [-0.3, -0.25) is 4.98 Å². The third kappa shape index (κ3) is 3.98. The van der Waals surface area contributed by atoms with Crippen LogP contribution in [-0.2, 0) is 16.6 Å². The van der Waals surface area contributed by atoms with Crippen molar-refractivity contribution in [3.63, 3.8) is 0 Å². The molecule has 1 aromatic carbocycles. The van der Waals surface area contributed by atoms with Crippen LogP contribution in [0.1, 0.15) is 22.3 Å². The van der Waals surface area contributed by atoms with Gasteiger partial charge in [-0.25, -0.2) is 13.1 Å². The largest absolute Gasteiger partial charge is 0.264 e. The smallest absolute Gasteiger partial charge is 0.241 e. The number of hydrogen-bond donors (Lipinski definition) is 1. The van der Waals surface area contributed by atoms with Crippen molar-refractivity contribution in [2.45, 2.75) is 32.2 Å². The average Bonchev–Trinajstić information content (AvgIpc) is 3.06. The van der Waals surface area contributed by atoms with Crippen LogP contribution in [0.4, 0.5) is 0 Å². The molecule has 0 bridgehead atoms.